The minimum atomic E-state index is -0.0651. The predicted octanol–water partition coefficient (Wildman–Crippen LogP) is 3.31. The first-order valence-corrected chi connectivity index (χ1v) is 14.3. The molecule has 206 valence electrons. The maximum absolute atomic E-state index is 13.0. The fourth-order valence-corrected chi connectivity index (χ4v) is 5.60. The third kappa shape index (κ3) is 7.14. The molecule has 1 aromatic heterocycles. The summed E-state index contributed by atoms with van der Waals surface area (Å²) in [5, 5.41) is 5.70. The molecule has 2 fully saturated rings. The van der Waals surface area contributed by atoms with E-state index in [0.717, 1.165) is 44.2 Å². The maximum Gasteiger partial charge on any atom is 0.273 e. The number of benzene rings is 2. The highest BCUT2D eigenvalue weighted by Gasteiger charge is 2.27. The van der Waals surface area contributed by atoms with Gasteiger partial charge in [-0.05, 0) is 36.8 Å². The minimum Gasteiger partial charge on any atom is -0.497 e. The lowest BCUT2D eigenvalue weighted by atomic mass is 10.1. The Morgan fingerprint density at radius 3 is 2.18 bits per heavy atom. The van der Waals surface area contributed by atoms with E-state index >= 15 is 0 Å². The lowest BCUT2D eigenvalue weighted by Gasteiger charge is -2.38. The molecule has 0 bridgehead atoms. The SMILES string of the molecule is COc1ccc(Nc2nc(C(=O)N3CCN(CC(=O)N4CCN(Cc5ccc(C)cc5)CC4)CC3)cs2)cc1. The molecule has 39 heavy (non-hydrogen) atoms. The number of nitrogens with zero attached hydrogens (tertiary/aromatic N) is 5. The largest absolute Gasteiger partial charge is 0.497 e. The third-order valence-electron chi connectivity index (χ3n) is 7.33. The summed E-state index contributed by atoms with van der Waals surface area (Å²) >= 11 is 1.41. The van der Waals surface area contributed by atoms with Gasteiger partial charge in [0.25, 0.3) is 5.91 Å². The van der Waals surface area contributed by atoms with E-state index in [2.05, 4.69) is 51.3 Å². The molecule has 1 N–H and O–H groups in total. The van der Waals surface area contributed by atoms with Gasteiger partial charge in [0.05, 0.1) is 13.7 Å². The van der Waals surface area contributed by atoms with Crippen molar-refractivity contribution in [2.24, 2.45) is 0 Å². The number of aromatic nitrogens is 1. The summed E-state index contributed by atoms with van der Waals surface area (Å²) in [5.74, 6) is 0.899. The second kappa shape index (κ2) is 12.6. The van der Waals surface area contributed by atoms with Crippen LogP contribution in [-0.2, 0) is 11.3 Å². The van der Waals surface area contributed by atoms with Crippen LogP contribution < -0.4 is 10.1 Å². The second-order valence-electron chi connectivity index (χ2n) is 10.1. The highest BCUT2D eigenvalue weighted by molar-refractivity contribution is 7.14. The highest BCUT2D eigenvalue weighted by atomic mass is 32.1. The number of piperazine rings is 2. The monoisotopic (exact) mass is 548 g/mol. The van der Waals surface area contributed by atoms with Crippen molar-refractivity contribution in [3.05, 3.63) is 70.7 Å². The van der Waals surface area contributed by atoms with Crippen molar-refractivity contribution < 1.29 is 14.3 Å². The number of ether oxygens (including phenoxy) is 1. The topological polar surface area (TPSA) is 81.2 Å². The maximum atomic E-state index is 13.0. The van der Waals surface area contributed by atoms with E-state index in [9.17, 15) is 9.59 Å². The van der Waals surface area contributed by atoms with Gasteiger partial charge in [-0.1, -0.05) is 29.8 Å². The van der Waals surface area contributed by atoms with Crippen molar-refractivity contribution in [2.45, 2.75) is 13.5 Å². The van der Waals surface area contributed by atoms with Crippen LogP contribution in [0.3, 0.4) is 0 Å². The van der Waals surface area contributed by atoms with Crippen molar-refractivity contribution in [2.75, 3.05) is 71.3 Å². The van der Waals surface area contributed by atoms with Gasteiger partial charge in [0, 0.05) is 70.0 Å². The zero-order valence-electron chi connectivity index (χ0n) is 22.6. The Kier molecular flexibility index (Phi) is 8.75. The lowest BCUT2D eigenvalue weighted by molar-refractivity contribution is -0.134. The first-order chi connectivity index (χ1) is 19.0. The van der Waals surface area contributed by atoms with Gasteiger partial charge in [0.15, 0.2) is 5.13 Å². The van der Waals surface area contributed by atoms with Crippen LogP contribution >= 0.6 is 11.3 Å². The first-order valence-electron chi connectivity index (χ1n) is 13.4. The van der Waals surface area contributed by atoms with Gasteiger partial charge in [-0.15, -0.1) is 11.3 Å². The van der Waals surface area contributed by atoms with Gasteiger partial charge in [-0.3, -0.25) is 19.4 Å². The Hall–Kier alpha value is -3.47. The number of hydrogen-bond acceptors (Lipinski definition) is 8. The fourth-order valence-electron chi connectivity index (χ4n) is 4.90. The van der Waals surface area contributed by atoms with E-state index < -0.39 is 0 Å². The molecule has 5 rings (SSSR count). The summed E-state index contributed by atoms with van der Waals surface area (Å²) in [6.45, 7) is 9.31. The Morgan fingerprint density at radius 1 is 0.872 bits per heavy atom. The molecule has 9 nitrogen and oxygen atoms in total. The fraction of sp³-hybridized carbons (Fsp3) is 0.414. The molecule has 2 saturated heterocycles. The lowest BCUT2D eigenvalue weighted by Crippen LogP contribution is -2.54. The van der Waals surface area contributed by atoms with E-state index in [1.54, 1.807) is 12.5 Å². The van der Waals surface area contributed by atoms with E-state index in [-0.39, 0.29) is 11.8 Å². The molecule has 3 aromatic rings. The molecule has 0 saturated carbocycles. The molecule has 0 radical (unpaired) electrons. The van der Waals surface area contributed by atoms with Crippen molar-refractivity contribution in [3.8, 4) is 5.75 Å². The average Bonchev–Trinajstić information content (AvgIpc) is 3.43. The molecule has 2 amide bonds. The molecule has 3 heterocycles. The van der Waals surface area contributed by atoms with E-state index in [0.29, 0.717) is 43.5 Å². The molecule has 2 aromatic carbocycles. The van der Waals surface area contributed by atoms with Crippen molar-refractivity contribution in [1.29, 1.82) is 0 Å². The standard InChI is InChI=1S/C29H36N6O3S/c1-22-3-5-23(6-4-22)19-32-11-15-34(16-12-32)27(36)20-33-13-17-35(18-14-33)28(37)26-21-39-29(31-26)30-24-7-9-25(38-2)10-8-24/h3-10,21H,11-20H2,1-2H3,(H,30,31). The molecule has 10 heteroatoms. The molecule has 0 aliphatic carbocycles. The number of aryl methyl sites for hydroxylation is 1. The number of rotatable bonds is 8. The third-order valence-corrected chi connectivity index (χ3v) is 8.09. The number of methoxy groups -OCH3 is 1. The van der Waals surface area contributed by atoms with Crippen molar-refractivity contribution in [3.63, 3.8) is 0 Å². The zero-order valence-corrected chi connectivity index (χ0v) is 23.5. The molecular formula is C29H36N6O3S. The van der Waals surface area contributed by atoms with Gasteiger partial charge < -0.3 is 19.9 Å². The Balaban J connectivity index is 1.03. The van der Waals surface area contributed by atoms with Crippen LogP contribution in [0.15, 0.2) is 53.9 Å². The molecule has 0 atom stereocenters. The molecule has 2 aliphatic heterocycles. The van der Waals surface area contributed by atoms with Crippen LogP contribution in [0.4, 0.5) is 10.8 Å². The summed E-state index contributed by atoms with van der Waals surface area (Å²) < 4.78 is 5.19. The summed E-state index contributed by atoms with van der Waals surface area (Å²) in [4.78, 5) is 38.9. The molecule has 2 aliphatic rings. The van der Waals surface area contributed by atoms with Crippen molar-refractivity contribution >= 4 is 34.0 Å². The van der Waals surface area contributed by atoms with Gasteiger partial charge in [0.2, 0.25) is 5.91 Å². The molecule has 0 spiro atoms. The number of carbonyl (C=O) groups is 2. The summed E-state index contributed by atoms with van der Waals surface area (Å²) in [5.41, 5.74) is 3.92. The van der Waals surface area contributed by atoms with E-state index in [4.69, 9.17) is 4.74 Å². The normalized spacial score (nSPS) is 16.8. The summed E-state index contributed by atoms with van der Waals surface area (Å²) in [6, 6.07) is 16.2. The van der Waals surface area contributed by atoms with Crippen LogP contribution in [0, 0.1) is 6.92 Å². The number of carbonyl (C=O) groups excluding carboxylic acids is 2. The molecule has 0 unspecified atom stereocenters. The highest BCUT2D eigenvalue weighted by Crippen LogP contribution is 2.24. The predicted molar refractivity (Wildman–Crippen MR) is 154 cm³/mol. The van der Waals surface area contributed by atoms with E-state index in [1.807, 2.05) is 34.1 Å². The first kappa shape index (κ1) is 27.1. The van der Waals surface area contributed by atoms with Crippen LogP contribution in [-0.4, -0.2) is 102 Å². The smallest absolute Gasteiger partial charge is 0.273 e. The van der Waals surface area contributed by atoms with Crippen LogP contribution in [0.5, 0.6) is 5.75 Å². The van der Waals surface area contributed by atoms with Crippen LogP contribution in [0.1, 0.15) is 21.6 Å². The number of hydrogen-bond donors (Lipinski definition) is 1. The quantitative estimate of drug-likeness (QED) is 0.463. The Morgan fingerprint density at radius 2 is 1.51 bits per heavy atom. The van der Waals surface area contributed by atoms with Gasteiger partial charge in [0.1, 0.15) is 11.4 Å². The van der Waals surface area contributed by atoms with Gasteiger partial charge >= 0.3 is 0 Å². The Labute approximate surface area is 234 Å². The number of amides is 2. The number of anilines is 2. The number of nitrogens with one attached hydrogen (secondary N) is 1. The molecular weight excluding hydrogens is 512 g/mol. The van der Waals surface area contributed by atoms with Gasteiger partial charge in [-0.25, -0.2) is 4.98 Å². The van der Waals surface area contributed by atoms with Gasteiger partial charge in [-0.2, -0.15) is 0 Å². The summed E-state index contributed by atoms with van der Waals surface area (Å²) in [6.07, 6.45) is 0. The second-order valence-corrected chi connectivity index (χ2v) is 11.0. The van der Waals surface area contributed by atoms with Crippen LogP contribution in [0.2, 0.25) is 0 Å². The van der Waals surface area contributed by atoms with Crippen LogP contribution in [0.25, 0.3) is 0 Å². The van der Waals surface area contributed by atoms with E-state index in [1.165, 1.54) is 22.5 Å². The average molecular weight is 549 g/mol. The zero-order chi connectivity index (χ0) is 27.2. The van der Waals surface area contributed by atoms with Crippen molar-refractivity contribution in [1.82, 2.24) is 24.6 Å². The number of thiazole rings is 1. The summed E-state index contributed by atoms with van der Waals surface area (Å²) in [7, 11) is 1.63. The Bertz CT molecular complexity index is 1250. The minimum absolute atomic E-state index is 0.0651.